The Labute approximate surface area is 238 Å². The average Bonchev–Trinajstić information content (AvgIpc) is 3.50. The van der Waals surface area contributed by atoms with E-state index in [9.17, 15) is 4.79 Å². The minimum atomic E-state index is -0.623. The quantitative estimate of drug-likeness (QED) is 0.175. The summed E-state index contributed by atoms with van der Waals surface area (Å²) in [5, 5.41) is 8.94. The molecule has 0 aromatic heterocycles. The number of carbonyl (C=O) groups excluding carboxylic acids is 1. The van der Waals surface area contributed by atoms with Crippen LogP contribution in [0.15, 0.2) is 78.9 Å². The molecule has 1 amide bonds. The molecule has 0 spiro atoms. The number of hydrogen-bond acceptors (Lipinski definition) is 5. The van der Waals surface area contributed by atoms with Gasteiger partial charge in [0, 0.05) is 13.2 Å². The lowest BCUT2D eigenvalue weighted by Gasteiger charge is -2.44. The lowest BCUT2D eigenvalue weighted by Crippen LogP contribution is -2.51. The fourth-order valence-corrected chi connectivity index (χ4v) is 6.08. The standard InChI is InChI=1S/C34H43NO5/c1-38-30-20-16-28(17-21-30)34(27-13-8-7-9-14-27,29-18-22-31(39-2)23-19-29)32-15-12-24-35(32)33(37)40-26-11-6-4-3-5-10-25-36/h7-9,13-14,16-23,32,36H,3-6,10-12,15,24-26H2,1-2H3/t32-/m0/s1. The molecule has 6 nitrogen and oxygen atoms in total. The van der Waals surface area contributed by atoms with Crippen LogP contribution in [0, 0.1) is 0 Å². The van der Waals surface area contributed by atoms with Gasteiger partial charge in [0.05, 0.1) is 32.3 Å². The highest BCUT2D eigenvalue weighted by atomic mass is 16.6. The minimum absolute atomic E-state index is 0.136. The third-order valence-electron chi connectivity index (χ3n) is 8.08. The van der Waals surface area contributed by atoms with Crippen molar-refractivity contribution in [2.45, 2.75) is 62.8 Å². The number of benzene rings is 3. The molecule has 1 fully saturated rings. The number of likely N-dealkylation sites (tertiary alicyclic amines) is 1. The van der Waals surface area contributed by atoms with E-state index < -0.39 is 5.41 Å². The molecule has 3 aromatic rings. The largest absolute Gasteiger partial charge is 0.497 e. The second kappa shape index (κ2) is 14.8. The van der Waals surface area contributed by atoms with Crippen LogP contribution in [0.4, 0.5) is 4.79 Å². The zero-order valence-corrected chi connectivity index (χ0v) is 23.9. The molecule has 214 valence electrons. The third kappa shape index (κ3) is 6.61. The molecule has 0 aliphatic carbocycles. The van der Waals surface area contributed by atoms with E-state index in [0.717, 1.165) is 79.6 Å². The van der Waals surface area contributed by atoms with Gasteiger partial charge >= 0.3 is 6.09 Å². The van der Waals surface area contributed by atoms with Crippen LogP contribution in [0.3, 0.4) is 0 Å². The van der Waals surface area contributed by atoms with Gasteiger partial charge < -0.3 is 24.2 Å². The first kappa shape index (κ1) is 29.5. The Morgan fingerprint density at radius 3 is 1.85 bits per heavy atom. The van der Waals surface area contributed by atoms with Crippen molar-refractivity contribution in [2.24, 2.45) is 0 Å². The topological polar surface area (TPSA) is 68.2 Å². The number of rotatable bonds is 14. The fraction of sp³-hybridized carbons (Fsp3) is 0.441. The zero-order valence-electron chi connectivity index (χ0n) is 23.9. The number of hydrogen-bond donors (Lipinski definition) is 1. The molecule has 0 radical (unpaired) electrons. The Morgan fingerprint density at radius 1 is 0.775 bits per heavy atom. The highest BCUT2D eigenvalue weighted by molar-refractivity contribution is 5.70. The first-order valence-electron chi connectivity index (χ1n) is 14.5. The van der Waals surface area contributed by atoms with Crippen LogP contribution in [0.25, 0.3) is 0 Å². The zero-order chi connectivity index (χ0) is 28.2. The van der Waals surface area contributed by atoms with Gasteiger partial charge in [0.15, 0.2) is 0 Å². The van der Waals surface area contributed by atoms with Gasteiger partial charge in [0.25, 0.3) is 0 Å². The van der Waals surface area contributed by atoms with E-state index in [2.05, 4.69) is 48.5 Å². The van der Waals surface area contributed by atoms with Crippen LogP contribution >= 0.6 is 0 Å². The number of nitrogens with zero attached hydrogens (tertiary/aromatic N) is 1. The van der Waals surface area contributed by atoms with Crippen molar-refractivity contribution in [2.75, 3.05) is 34.0 Å². The molecule has 0 unspecified atom stereocenters. The molecule has 0 bridgehead atoms. The van der Waals surface area contributed by atoms with Gasteiger partial charge in [-0.1, -0.05) is 80.3 Å². The first-order chi connectivity index (χ1) is 19.6. The maximum Gasteiger partial charge on any atom is 0.410 e. The number of unbranched alkanes of at least 4 members (excludes halogenated alkanes) is 5. The number of aliphatic hydroxyl groups excluding tert-OH is 1. The second-order valence-corrected chi connectivity index (χ2v) is 10.4. The summed E-state index contributed by atoms with van der Waals surface area (Å²) < 4.78 is 16.8. The number of methoxy groups -OCH3 is 2. The molecule has 1 N–H and O–H groups in total. The average molecular weight is 546 g/mol. The lowest BCUT2D eigenvalue weighted by atomic mass is 9.64. The third-order valence-corrected chi connectivity index (χ3v) is 8.08. The Bertz CT molecular complexity index is 1120. The Morgan fingerprint density at radius 2 is 1.30 bits per heavy atom. The molecular formula is C34H43NO5. The van der Waals surface area contributed by atoms with Crippen LogP contribution in [0.2, 0.25) is 0 Å². The first-order valence-corrected chi connectivity index (χ1v) is 14.5. The maximum atomic E-state index is 13.6. The summed E-state index contributed by atoms with van der Waals surface area (Å²) in [6.07, 6.45) is 7.49. The van der Waals surface area contributed by atoms with E-state index in [4.69, 9.17) is 19.3 Å². The molecule has 4 rings (SSSR count). The SMILES string of the molecule is COc1ccc(C(c2ccccc2)(c2ccc(OC)cc2)[C@@H]2CCCN2C(=O)OCCCCCCCCO)cc1. The molecule has 1 heterocycles. The van der Waals surface area contributed by atoms with E-state index in [0.29, 0.717) is 13.2 Å². The lowest BCUT2D eigenvalue weighted by molar-refractivity contribution is 0.0882. The predicted octanol–water partition coefficient (Wildman–Crippen LogP) is 6.97. The molecule has 3 aromatic carbocycles. The van der Waals surface area contributed by atoms with Crippen LogP contribution in [-0.4, -0.2) is 56.1 Å². The van der Waals surface area contributed by atoms with Gasteiger partial charge in [-0.15, -0.1) is 0 Å². The summed E-state index contributed by atoms with van der Waals surface area (Å²) in [6, 6.07) is 26.8. The van der Waals surface area contributed by atoms with Crippen molar-refractivity contribution in [3.63, 3.8) is 0 Å². The predicted molar refractivity (Wildman–Crippen MR) is 158 cm³/mol. The van der Waals surface area contributed by atoms with Crippen molar-refractivity contribution >= 4 is 6.09 Å². The molecule has 0 saturated carbocycles. The van der Waals surface area contributed by atoms with Crippen LogP contribution in [0.5, 0.6) is 11.5 Å². The summed E-state index contributed by atoms with van der Waals surface area (Å²) in [5.41, 5.74) is 2.69. The van der Waals surface area contributed by atoms with Gasteiger partial charge in [-0.2, -0.15) is 0 Å². The number of aliphatic hydroxyl groups is 1. The molecule has 1 atom stereocenters. The number of carbonyl (C=O) groups is 1. The molecule has 1 aliphatic rings. The summed E-state index contributed by atoms with van der Waals surface area (Å²) in [6.45, 7) is 1.34. The van der Waals surface area contributed by atoms with Gasteiger partial charge in [0.2, 0.25) is 0 Å². The van der Waals surface area contributed by atoms with Crippen molar-refractivity contribution in [3.05, 3.63) is 95.6 Å². The van der Waals surface area contributed by atoms with Gasteiger partial charge in [0.1, 0.15) is 11.5 Å². The van der Waals surface area contributed by atoms with Crippen molar-refractivity contribution < 1.29 is 24.1 Å². The van der Waals surface area contributed by atoms with Crippen molar-refractivity contribution in [1.29, 1.82) is 0 Å². The van der Waals surface area contributed by atoms with E-state index >= 15 is 0 Å². The molecule has 6 heteroatoms. The summed E-state index contributed by atoms with van der Waals surface area (Å²) >= 11 is 0. The maximum absolute atomic E-state index is 13.6. The molecule has 40 heavy (non-hydrogen) atoms. The van der Waals surface area contributed by atoms with E-state index in [-0.39, 0.29) is 18.7 Å². The minimum Gasteiger partial charge on any atom is -0.497 e. The van der Waals surface area contributed by atoms with Gasteiger partial charge in [-0.25, -0.2) is 4.79 Å². The van der Waals surface area contributed by atoms with E-state index in [1.54, 1.807) is 14.2 Å². The fourth-order valence-electron chi connectivity index (χ4n) is 6.08. The van der Waals surface area contributed by atoms with Gasteiger partial charge in [-0.05, 0) is 66.6 Å². The molecule has 1 aliphatic heterocycles. The monoisotopic (exact) mass is 545 g/mol. The van der Waals surface area contributed by atoms with Crippen LogP contribution < -0.4 is 9.47 Å². The Kier molecular flexibility index (Phi) is 10.9. The molecule has 1 saturated heterocycles. The smallest absolute Gasteiger partial charge is 0.410 e. The Balaban J connectivity index is 1.67. The molecular weight excluding hydrogens is 502 g/mol. The van der Waals surface area contributed by atoms with Crippen molar-refractivity contribution in [3.8, 4) is 11.5 Å². The number of ether oxygens (including phenoxy) is 3. The van der Waals surface area contributed by atoms with E-state index in [1.165, 1.54) is 0 Å². The van der Waals surface area contributed by atoms with Crippen LogP contribution in [-0.2, 0) is 10.2 Å². The van der Waals surface area contributed by atoms with Crippen LogP contribution in [0.1, 0.15) is 68.1 Å². The second-order valence-electron chi connectivity index (χ2n) is 10.4. The van der Waals surface area contributed by atoms with E-state index in [1.807, 2.05) is 35.2 Å². The van der Waals surface area contributed by atoms with Gasteiger partial charge in [-0.3, -0.25) is 0 Å². The summed E-state index contributed by atoms with van der Waals surface area (Å²) in [4.78, 5) is 15.6. The highest BCUT2D eigenvalue weighted by Gasteiger charge is 2.50. The highest BCUT2D eigenvalue weighted by Crippen LogP contribution is 2.48. The Hall–Kier alpha value is -3.51. The normalized spacial score (nSPS) is 15.2. The van der Waals surface area contributed by atoms with Crippen molar-refractivity contribution in [1.82, 2.24) is 4.90 Å². The summed E-state index contributed by atoms with van der Waals surface area (Å²) in [5.74, 6) is 1.58. The number of amides is 1. The summed E-state index contributed by atoms with van der Waals surface area (Å²) in [7, 11) is 3.35.